The molecule has 13 nitrogen and oxygen atoms in total. The number of hydrogen-bond acceptors (Lipinski definition) is 11. The van der Waals surface area contributed by atoms with Gasteiger partial charge in [0.15, 0.2) is 22.8 Å². The molecule has 2 fully saturated rings. The van der Waals surface area contributed by atoms with E-state index in [0.29, 0.717) is 69.8 Å². The van der Waals surface area contributed by atoms with E-state index < -0.39 is 6.61 Å². The molecule has 0 aliphatic carbocycles. The Bertz CT molecular complexity index is 1220. The molecule has 0 saturated carbocycles. The minimum Gasteiger partial charge on any atom is -0.387 e. The SMILES string of the molecule is CC(C)Cn1c(N2CCN(C(=O)CO)CC2)nc2c(N3CCOCC3)nc(-c3cnc(N)nc3)nc21. The number of anilines is 3. The van der Waals surface area contributed by atoms with E-state index in [9.17, 15) is 9.90 Å². The van der Waals surface area contributed by atoms with Crippen LogP contribution in [0.1, 0.15) is 13.8 Å². The molecule has 3 aromatic rings. The van der Waals surface area contributed by atoms with Gasteiger partial charge in [0, 0.05) is 58.2 Å². The van der Waals surface area contributed by atoms with E-state index in [0.717, 1.165) is 29.5 Å². The molecule has 36 heavy (non-hydrogen) atoms. The van der Waals surface area contributed by atoms with Crippen LogP contribution in [0, 0.1) is 5.92 Å². The summed E-state index contributed by atoms with van der Waals surface area (Å²) in [5, 5.41) is 9.23. The maximum atomic E-state index is 12.0. The quantitative estimate of drug-likeness (QED) is 0.474. The van der Waals surface area contributed by atoms with Crippen LogP contribution in [0.3, 0.4) is 0 Å². The molecule has 2 aliphatic rings. The van der Waals surface area contributed by atoms with Gasteiger partial charge in [0.2, 0.25) is 17.8 Å². The van der Waals surface area contributed by atoms with Gasteiger partial charge in [-0.1, -0.05) is 13.8 Å². The Morgan fingerprint density at radius 2 is 1.72 bits per heavy atom. The number of piperazine rings is 1. The van der Waals surface area contributed by atoms with Crippen molar-refractivity contribution >= 4 is 34.8 Å². The van der Waals surface area contributed by atoms with E-state index >= 15 is 0 Å². The van der Waals surface area contributed by atoms with Crippen molar-refractivity contribution < 1.29 is 14.6 Å². The lowest BCUT2D eigenvalue weighted by molar-refractivity contribution is -0.134. The normalized spacial score (nSPS) is 16.8. The van der Waals surface area contributed by atoms with Crippen LogP contribution in [-0.2, 0) is 16.1 Å². The third-order valence-electron chi connectivity index (χ3n) is 6.39. The van der Waals surface area contributed by atoms with Gasteiger partial charge in [-0.2, -0.15) is 0 Å². The lowest BCUT2D eigenvalue weighted by Gasteiger charge is -2.35. The van der Waals surface area contributed by atoms with Crippen molar-refractivity contribution in [1.82, 2.24) is 34.4 Å². The average Bonchev–Trinajstić information content (AvgIpc) is 3.26. The van der Waals surface area contributed by atoms with Crippen molar-refractivity contribution in [3.8, 4) is 11.4 Å². The number of imidazole rings is 1. The first kappa shape index (κ1) is 24.1. The lowest BCUT2D eigenvalue weighted by atomic mass is 10.2. The first-order valence-corrected chi connectivity index (χ1v) is 12.3. The van der Waals surface area contributed by atoms with Gasteiger partial charge in [-0.3, -0.25) is 9.36 Å². The van der Waals surface area contributed by atoms with Crippen molar-refractivity contribution in [2.24, 2.45) is 5.92 Å². The number of fused-ring (bicyclic) bond motifs is 1. The Morgan fingerprint density at radius 1 is 1.03 bits per heavy atom. The number of carbonyl (C=O) groups excluding carboxylic acids is 1. The van der Waals surface area contributed by atoms with E-state index in [-0.39, 0.29) is 11.9 Å². The number of aliphatic hydroxyl groups excluding tert-OH is 1. The van der Waals surface area contributed by atoms with Crippen LogP contribution in [0.15, 0.2) is 12.4 Å². The van der Waals surface area contributed by atoms with E-state index in [1.54, 1.807) is 17.3 Å². The summed E-state index contributed by atoms with van der Waals surface area (Å²) in [6.45, 7) is 9.51. The molecular weight excluding hydrogens is 464 g/mol. The summed E-state index contributed by atoms with van der Waals surface area (Å²) in [6, 6.07) is 0. The van der Waals surface area contributed by atoms with Gasteiger partial charge in [0.05, 0.1) is 18.8 Å². The van der Waals surface area contributed by atoms with Crippen LogP contribution in [0.25, 0.3) is 22.6 Å². The zero-order valence-corrected chi connectivity index (χ0v) is 20.7. The van der Waals surface area contributed by atoms with Crippen LogP contribution in [0.2, 0.25) is 0 Å². The fourth-order valence-electron chi connectivity index (χ4n) is 4.58. The molecule has 2 saturated heterocycles. The minimum absolute atomic E-state index is 0.194. The molecule has 0 unspecified atom stereocenters. The number of rotatable bonds is 6. The Hall–Kier alpha value is -3.58. The summed E-state index contributed by atoms with van der Waals surface area (Å²) in [7, 11) is 0. The fraction of sp³-hybridized carbons (Fsp3) is 0.565. The fourth-order valence-corrected chi connectivity index (χ4v) is 4.58. The number of carbonyl (C=O) groups is 1. The minimum atomic E-state index is -0.470. The number of aromatic nitrogens is 6. The molecule has 13 heteroatoms. The molecule has 3 aromatic heterocycles. The number of morpholine rings is 1. The molecule has 0 radical (unpaired) electrons. The predicted octanol–water partition coefficient (Wildman–Crippen LogP) is -0.001000. The molecule has 192 valence electrons. The summed E-state index contributed by atoms with van der Waals surface area (Å²) in [5.41, 5.74) is 7.86. The second kappa shape index (κ2) is 10.2. The monoisotopic (exact) mass is 496 g/mol. The highest BCUT2D eigenvalue weighted by molar-refractivity contribution is 5.88. The Labute approximate surface area is 208 Å². The molecule has 1 amide bonds. The smallest absolute Gasteiger partial charge is 0.248 e. The van der Waals surface area contributed by atoms with Gasteiger partial charge in [0.1, 0.15) is 6.61 Å². The zero-order valence-electron chi connectivity index (χ0n) is 20.7. The lowest BCUT2D eigenvalue weighted by Crippen LogP contribution is -2.50. The maximum absolute atomic E-state index is 12.0. The summed E-state index contributed by atoms with van der Waals surface area (Å²) in [5.74, 6) is 2.37. The summed E-state index contributed by atoms with van der Waals surface area (Å²) >= 11 is 0. The van der Waals surface area contributed by atoms with Gasteiger partial charge in [-0.25, -0.2) is 24.9 Å². The Balaban J connectivity index is 1.62. The van der Waals surface area contributed by atoms with Crippen molar-refractivity contribution in [3.63, 3.8) is 0 Å². The molecule has 5 heterocycles. The van der Waals surface area contributed by atoms with E-state index in [1.165, 1.54) is 0 Å². The highest BCUT2D eigenvalue weighted by atomic mass is 16.5. The maximum Gasteiger partial charge on any atom is 0.248 e. The van der Waals surface area contributed by atoms with Crippen molar-refractivity contribution in [2.75, 3.05) is 74.6 Å². The molecule has 3 N–H and O–H groups in total. The number of nitrogen functional groups attached to an aromatic ring is 1. The Morgan fingerprint density at radius 3 is 2.36 bits per heavy atom. The molecule has 0 bridgehead atoms. The number of hydrogen-bond donors (Lipinski definition) is 2. The van der Waals surface area contributed by atoms with Crippen LogP contribution in [-0.4, -0.2) is 104 Å². The predicted molar refractivity (Wildman–Crippen MR) is 135 cm³/mol. The number of nitrogens with two attached hydrogens (primary N) is 1. The van der Waals surface area contributed by atoms with Gasteiger partial charge in [-0.05, 0) is 5.92 Å². The van der Waals surface area contributed by atoms with Crippen molar-refractivity contribution in [3.05, 3.63) is 12.4 Å². The first-order valence-electron chi connectivity index (χ1n) is 12.3. The highest BCUT2D eigenvalue weighted by Gasteiger charge is 2.28. The van der Waals surface area contributed by atoms with E-state index in [4.69, 9.17) is 25.4 Å². The summed E-state index contributed by atoms with van der Waals surface area (Å²) < 4.78 is 7.72. The number of aliphatic hydroxyl groups is 1. The molecule has 0 atom stereocenters. The van der Waals surface area contributed by atoms with Gasteiger partial charge >= 0.3 is 0 Å². The van der Waals surface area contributed by atoms with Gasteiger partial charge in [-0.15, -0.1) is 0 Å². The van der Waals surface area contributed by atoms with Gasteiger partial charge < -0.3 is 30.3 Å². The molecule has 0 aromatic carbocycles. The zero-order chi connectivity index (χ0) is 25.2. The third kappa shape index (κ3) is 4.75. The van der Waals surface area contributed by atoms with Crippen LogP contribution in [0.5, 0.6) is 0 Å². The first-order chi connectivity index (χ1) is 17.4. The standard InChI is InChI=1S/C23H32N10O3/c1-15(2)13-33-21-18(27-23(33)32-5-3-30(4-6-32)17(35)14-34)20(31-7-9-36-10-8-31)28-19(29-21)16-11-25-22(24)26-12-16/h11-12,15,34H,3-10,13-14H2,1-2H3,(H2,24,25,26). The van der Waals surface area contributed by atoms with Crippen LogP contribution in [0.4, 0.5) is 17.7 Å². The van der Waals surface area contributed by atoms with Crippen molar-refractivity contribution in [1.29, 1.82) is 0 Å². The molecule has 2 aliphatic heterocycles. The average molecular weight is 497 g/mol. The number of ether oxygens (including phenoxy) is 1. The third-order valence-corrected chi connectivity index (χ3v) is 6.39. The molecular formula is C23H32N10O3. The van der Waals surface area contributed by atoms with Crippen molar-refractivity contribution in [2.45, 2.75) is 20.4 Å². The molecule has 0 spiro atoms. The van der Waals surface area contributed by atoms with Crippen LogP contribution >= 0.6 is 0 Å². The number of nitrogens with zero attached hydrogens (tertiary/aromatic N) is 9. The second-order valence-corrected chi connectivity index (χ2v) is 9.41. The summed E-state index contributed by atoms with van der Waals surface area (Å²) in [6.07, 6.45) is 3.27. The van der Waals surface area contributed by atoms with E-state index in [1.807, 2.05) is 0 Å². The topological polar surface area (TPSA) is 152 Å². The second-order valence-electron chi connectivity index (χ2n) is 9.41. The summed E-state index contributed by atoms with van der Waals surface area (Å²) in [4.78, 5) is 41.2. The highest BCUT2D eigenvalue weighted by Crippen LogP contribution is 2.32. The number of amides is 1. The van der Waals surface area contributed by atoms with E-state index in [2.05, 4.69) is 38.2 Å². The molecule has 5 rings (SSSR count). The van der Waals surface area contributed by atoms with Crippen LogP contribution < -0.4 is 15.5 Å². The largest absolute Gasteiger partial charge is 0.387 e. The van der Waals surface area contributed by atoms with Gasteiger partial charge in [0.25, 0.3) is 0 Å². The Kier molecular flexibility index (Phi) is 6.83.